The minimum atomic E-state index is -0.219. The van der Waals surface area contributed by atoms with Gasteiger partial charge in [-0.2, -0.15) is 0 Å². The molecular weight excluding hydrogens is 372 g/mol. The average Bonchev–Trinajstić information content (AvgIpc) is 3.16. The first kappa shape index (κ1) is 19.1. The van der Waals surface area contributed by atoms with Gasteiger partial charge in [-0.1, -0.05) is 0 Å². The Balaban J connectivity index is 1.80. The minimum Gasteiger partial charge on any atom is -0.493 e. The smallest absolute Gasteiger partial charge is 0.255 e. The molecule has 0 saturated carbocycles. The number of methoxy groups -OCH3 is 2. The molecule has 0 spiro atoms. The molecule has 1 aliphatic rings. The van der Waals surface area contributed by atoms with Crippen LogP contribution in [0.4, 0.5) is 5.69 Å². The largest absolute Gasteiger partial charge is 0.493 e. The van der Waals surface area contributed by atoms with Gasteiger partial charge in [-0.3, -0.25) is 4.79 Å². The lowest BCUT2D eigenvalue weighted by atomic mass is 10.0. The second-order valence-corrected chi connectivity index (χ2v) is 6.73. The molecule has 1 fully saturated rings. The summed E-state index contributed by atoms with van der Waals surface area (Å²) >= 11 is 0. The number of rotatable bonds is 5. The minimum absolute atomic E-state index is 0.219. The maximum atomic E-state index is 12.7. The predicted octanol–water partition coefficient (Wildman–Crippen LogP) is 3.31. The van der Waals surface area contributed by atoms with Gasteiger partial charge in [0.1, 0.15) is 11.3 Å². The number of nitrogens with zero attached hydrogens (tertiary/aromatic N) is 1. The SMILES string of the molecule is CNC(=O)c1c(-c2ccc(N3CCOCC3)cc2)oc2cc(OC)c(OC)cc12. The molecule has 7 nitrogen and oxygen atoms in total. The Bertz CT molecular complexity index is 1020. The van der Waals surface area contributed by atoms with Crippen LogP contribution in [0.1, 0.15) is 10.4 Å². The monoisotopic (exact) mass is 396 g/mol. The fraction of sp³-hybridized carbons (Fsp3) is 0.318. The number of nitrogens with one attached hydrogen (secondary N) is 1. The number of hydrogen-bond donors (Lipinski definition) is 1. The highest BCUT2D eigenvalue weighted by Gasteiger charge is 2.24. The maximum absolute atomic E-state index is 12.7. The van der Waals surface area contributed by atoms with Crippen molar-refractivity contribution in [3.05, 3.63) is 42.0 Å². The summed E-state index contributed by atoms with van der Waals surface area (Å²) in [6.45, 7) is 3.20. The lowest BCUT2D eigenvalue weighted by molar-refractivity contribution is 0.0964. The quantitative estimate of drug-likeness (QED) is 0.713. The average molecular weight is 396 g/mol. The summed E-state index contributed by atoms with van der Waals surface area (Å²) in [7, 11) is 4.74. The molecule has 2 aromatic carbocycles. The van der Waals surface area contributed by atoms with Gasteiger partial charge in [0.05, 0.1) is 33.0 Å². The van der Waals surface area contributed by atoms with Crippen LogP contribution in [-0.2, 0) is 4.74 Å². The van der Waals surface area contributed by atoms with Crippen molar-refractivity contribution in [2.24, 2.45) is 0 Å². The van der Waals surface area contributed by atoms with Crippen molar-refractivity contribution in [2.75, 3.05) is 52.5 Å². The Morgan fingerprint density at radius 2 is 1.69 bits per heavy atom. The molecule has 0 radical (unpaired) electrons. The number of fused-ring (bicyclic) bond motifs is 1. The molecule has 0 atom stereocenters. The van der Waals surface area contributed by atoms with Crippen LogP contribution in [0.25, 0.3) is 22.3 Å². The zero-order valence-corrected chi connectivity index (χ0v) is 16.8. The first-order valence-electron chi connectivity index (χ1n) is 9.50. The zero-order valence-electron chi connectivity index (χ0n) is 16.8. The Morgan fingerprint density at radius 3 is 2.31 bits per heavy atom. The molecule has 1 aromatic heterocycles. The third kappa shape index (κ3) is 3.49. The van der Waals surface area contributed by atoms with Gasteiger partial charge in [-0.25, -0.2) is 0 Å². The Kier molecular flexibility index (Phi) is 5.31. The summed E-state index contributed by atoms with van der Waals surface area (Å²) in [4.78, 5) is 15.0. The van der Waals surface area contributed by atoms with Crippen molar-refractivity contribution in [3.8, 4) is 22.8 Å². The summed E-state index contributed by atoms with van der Waals surface area (Å²) in [5, 5.41) is 3.38. The molecule has 0 unspecified atom stereocenters. The topological polar surface area (TPSA) is 73.2 Å². The third-order valence-electron chi connectivity index (χ3n) is 5.15. The highest BCUT2D eigenvalue weighted by Crippen LogP contribution is 2.40. The summed E-state index contributed by atoms with van der Waals surface area (Å²) in [6, 6.07) is 11.6. The Morgan fingerprint density at radius 1 is 1.03 bits per heavy atom. The van der Waals surface area contributed by atoms with Crippen LogP contribution in [0.15, 0.2) is 40.8 Å². The van der Waals surface area contributed by atoms with Gasteiger partial charge in [0.2, 0.25) is 0 Å². The molecule has 7 heteroatoms. The van der Waals surface area contributed by atoms with Gasteiger partial charge in [0.15, 0.2) is 11.5 Å². The molecule has 0 bridgehead atoms. The van der Waals surface area contributed by atoms with E-state index in [1.165, 1.54) is 0 Å². The summed E-state index contributed by atoms with van der Waals surface area (Å²) < 4.78 is 22.3. The Hall–Kier alpha value is -3.19. The van der Waals surface area contributed by atoms with Crippen LogP contribution in [0.5, 0.6) is 11.5 Å². The zero-order chi connectivity index (χ0) is 20.4. The van der Waals surface area contributed by atoms with Gasteiger partial charge in [0, 0.05) is 42.8 Å². The molecule has 1 saturated heterocycles. The van der Waals surface area contributed by atoms with E-state index in [0.29, 0.717) is 33.8 Å². The van der Waals surface area contributed by atoms with Crippen LogP contribution in [-0.4, -0.2) is 53.5 Å². The van der Waals surface area contributed by atoms with Gasteiger partial charge in [-0.15, -0.1) is 0 Å². The lowest BCUT2D eigenvalue weighted by Gasteiger charge is -2.28. The molecule has 1 aliphatic heterocycles. The second kappa shape index (κ2) is 8.05. The van der Waals surface area contributed by atoms with E-state index in [9.17, 15) is 4.79 Å². The fourth-order valence-electron chi connectivity index (χ4n) is 3.62. The van der Waals surface area contributed by atoms with E-state index in [2.05, 4.69) is 10.2 Å². The molecule has 29 heavy (non-hydrogen) atoms. The maximum Gasteiger partial charge on any atom is 0.255 e. The molecule has 2 heterocycles. The number of furan rings is 1. The van der Waals surface area contributed by atoms with Crippen molar-refractivity contribution in [3.63, 3.8) is 0 Å². The van der Waals surface area contributed by atoms with Crippen LogP contribution >= 0.6 is 0 Å². The number of benzene rings is 2. The van der Waals surface area contributed by atoms with Crippen molar-refractivity contribution in [1.29, 1.82) is 0 Å². The summed E-state index contributed by atoms with van der Waals surface area (Å²) in [5.74, 6) is 1.39. The molecule has 3 aromatic rings. The van der Waals surface area contributed by atoms with E-state index >= 15 is 0 Å². The van der Waals surface area contributed by atoms with Crippen LogP contribution in [0.2, 0.25) is 0 Å². The molecule has 1 amide bonds. The number of carbonyl (C=O) groups is 1. The van der Waals surface area contributed by atoms with E-state index in [-0.39, 0.29) is 5.91 Å². The number of hydrogen-bond acceptors (Lipinski definition) is 6. The van der Waals surface area contributed by atoms with Crippen LogP contribution in [0.3, 0.4) is 0 Å². The van der Waals surface area contributed by atoms with E-state index in [1.54, 1.807) is 33.4 Å². The predicted molar refractivity (Wildman–Crippen MR) is 111 cm³/mol. The van der Waals surface area contributed by atoms with Gasteiger partial charge in [-0.05, 0) is 30.3 Å². The van der Waals surface area contributed by atoms with Gasteiger partial charge >= 0.3 is 0 Å². The normalized spacial score (nSPS) is 14.1. The van der Waals surface area contributed by atoms with Crippen molar-refractivity contribution >= 4 is 22.6 Å². The third-order valence-corrected chi connectivity index (χ3v) is 5.15. The Labute approximate surface area is 169 Å². The van der Waals surface area contributed by atoms with E-state index in [0.717, 1.165) is 37.6 Å². The lowest BCUT2D eigenvalue weighted by Crippen LogP contribution is -2.36. The molecule has 0 aliphatic carbocycles. The highest BCUT2D eigenvalue weighted by molar-refractivity contribution is 6.11. The first-order valence-corrected chi connectivity index (χ1v) is 9.50. The van der Waals surface area contributed by atoms with E-state index < -0.39 is 0 Å². The van der Waals surface area contributed by atoms with Crippen LogP contribution in [0, 0.1) is 0 Å². The fourth-order valence-corrected chi connectivity index (χ4v) is 3.62. The number of morpholine rings is 1. The highest BCUT2D eigenvalue weighted by atomic mass is 16.5. The van der Waals surface area contributed by atoms with E-state index in [1.807, 2.05) is 24.3 Å². The standard InChI is InChI=1S/C22H24N2O5/c1-23-22(25)20-16-12-18(26-2)19(27-3)13-17(16)29-21(20)14-4-6-15(7-5-14)24-8-10-28-11-9-24/h4-7,12-13H,8-11H2,1-3H3,(H,23,25). The van der Waals surface area contributed by atoms with Gasteiger partial charge < -0.3 is 28.8 Å². The van der Waals surface area contributed by atoms with Crippen molar-refractivity contribution in [2.45, 2.75) is 0 Å². The molecule has 4 rings (SSSR count). The molecular formula is C22H24N2O5. The summed E-state index contributed by atoms with van der Waals surface area (Å²) in [5.41, 5.74) is 2.99. The molecule has 152 valence electrons. The van der Waals surface area contributed by atoms with Crippen LogP contribution < -0.4 is 19.7 Å². The number of carbonyl (C=O) groups excluding carboxylic acids is 1. The second-order valence-electron chi connectivity index (χ2n) is 6.73. The van der Waals surface area contributed by atoms with Crippen molar-refractivity contribution < 1.29 is 23.4 Å². The van der Waals surface area contributed by atoms with Crippen molar-refractivity contribution in [1.82, 2.24) is 5.32 Å². The first-order chi connectivity index (χ1) is 14.2. The van der Waals surface area contributed by atoms with E-state index in [4.69, 9.17) is 18.6 Å². The number of ether oxygens (including phenoxy) is 3. The number of anilines is 1. The van der Waals surface area contributed by atoms with Gasteiger partial charge in [0.25, 0.3) is 5.91 Å². The summed E-state index contributed by atoms with van der Waals surface area (Å²) in [6.07, 6.45) is 0. The molecule has 1 N–H and O–H groups in total. The number of amides is 1.